The van der Waals surface area contributed by atoms with Crippen LogP contribution in [0.5, 0.6) is 0 Å². The summed E-state index contributed by atoms with van der Waals surface area (Å²) in [5.41, 5.74) is 6.49. The molecule has 0 amide bonds. The van der Waals surface area contributed by atoms with E-state index in [9.17, 15) is 8.42 Å². The molecule has 1 aromatic heterocycles. The maximum absolute atomic E-state index is 12.2. The number of hydrogen-bond acceptors (Lipinski definition) is 4. The summed E-state index contributed by atoms with van der Waals surface area (Å²) in [6.07, 6.45) is 5.06. The summed E-state index contributed by atoms with van der Waals surface area (Å²) in [5, 5.41) is 0. The van der Waals surface area contributed by atoms with Crippen molar-refractivity contribution >= 4 is 10.0 Å². The molecular weight excluding hydrogens is 290 g/mol. The van der Waals surface area contributed by atoms with Gasteiger partial charge in [-0.2, -0.15) is 0 Å². The lowest BCUT2D eigenvalue weighted by molar-refractivity contribution is 0.129. The number of nitrogens with two attached hydrogens (primary N) is 1. The molecule has 0 saturated heterocycles. The maximum Gasteiger partial charge on any atom is 0.242 e. The van der Waals surface area contributed by atoms with Gasteiger partial charge in [-0.15, -0.1) is 0 Å². The average molecular weight is 315 g/mol. The molecule has 1 aromatic rings. The molecular formula is C14H25N3O3S. The van der Waals surface area contributed by atoms with Gasteiger partial charge in [0.25, 0.3) is 0 Å². The molecule has 3 N–H and O–H groups in total. The molecule has 6 nitrogen and oxygen atoms in total. The molecule has 1 fully saturated rings. The molecule has 2 rings (SSSR count). The van der Waals surface area contributed by atoms with Crippen LogP contribution in [0.15, 0.2) is 17.2 Å². The summed E-state index contributed by atoms with van der Waals surface area (Å²) in [6, 6.07) is 1.64. The number of aryl methyl sites for hydroxylation is 1. The molecule has 1 aliphatic carbocycles. The number of rotatable bonds is 10. The zero-order valence-electron chi connectivity index (χ0n) is 12.5. The van der Waals surface area contributed by atoms with Crippen LogP contribution in [0.1, 0.15) is 31.9 Å². The van der Waals surface area contributed by atoms with E-state index in [4.69, 9.17) is 10.5 Å². The van der Waals surface area contributed by atoms with Crippen molar-refractivity contribution in [1.82, 2.24) is 9.29 Å². The minimum Gasteiger partial charge on any atom is -0.380 e. The largest absolute Gasteiger partial charge is 0.380 e. The summed E-state index contributed by atoms with van der Waals surface area (Å²) >= 11 is 0. The molecule has 0 spiro atoms. The van der Waals surface area contributed by atoms with Crippen molar-refractivity contribution in [1.29, 1.82) is 0 Å². The third-order valence-corrected chi connectivity index (χ3v) is 4.96. The normalized spacial score (nSPS) is 15.5. The second kappa shape index (κ2) is 7.40. The maximum atomic E-state index is 12.2. The number of hydrogen-bond donors (Lipinski definition) is 2. The smallest absolute Gasteiger partial charge is 0.242 e. The van der Waals surface area contributed by atoms with Crippen molar-refractivity contribution in [3.63, 3.8) is 0 Å². The van der Waals surface area contributed by atoms with Gasteiger partial charge >= 0.3 is 0 Å². The van der Waals surface area contributed by atoms with E-state index in [1.165, 1.54) is 12.8 Å². The molecule has 0 aromatic carbocycles. The highest BCUT2D eigenvalue weighted by Gasteiger charge is 2.21. The van der Waals surface area contributed by atoms with Gasteiger partial charge in [-0.25, -0.2) is 13.1 Å². The molecule has 0 unspecified atom stereocenters. The lowest BCUT2D eigenvalue weighted by atomic mass is 10.4. The van der Waals surface area contributed by atoms with Crippen molar-refractivity contribution in [2.75, 3.05) is 19.8 Å². The predicted molar refractivity (Wildman–Crippen MR) is 81.3 cm³/mol. The van der Waals surface area contributed by atoms with Crippen LogP contribution in [-0.4, -0.2) is 32.7 Å². The topological polar surface area (TPSA) is 86.3 Å². The Morgan fingerprint density at radius 1 is 1.48 bits per heavy atom. The van der Waals surface area contributed by atoms with Crippen LogP contribution in [0.3, 0.4) is 0 Å². The first-order valence-corrected chi connectivity index (χ1v) is 9.01. The number of aromatic nitrogens is 1. The van der Waals surface area contributed by atoms with E-state index >= 15 is 0 Å². The molecule has 0 radical (unpaired) electrons. The predicted octanol–water partition coefficient (Wildman–Crippen LogP) is 1.06. The molecule has 0 atom stereocenters. The van der Waals surface area contributed by atoms with Crippen LogP contribution in [0, 0.1) is 5.92 Å². The third kappa shape index (κ3) is 4.81. The molecule has 21 heavy (non-hydrogen) atoms. The van der Waals surface area contributed by atoms with Crippen molar-refractivity contribution in [2.45, 2.75) is 44.2 Å². The van der Waals surface area contributed by atoms with Crippen LogP contribution < -0.4 is 10.5 Å². The Morgan fingerprint density at radius 2 is 2.24 bits per heavy atom. The Balaban J connectivity index is 1.88. The summed E-state index contributed by atoms with van der Waals surface area (Å²) in [7, 11) is -3.48. The van der Waals surface area contributed by atoms with E-state index in [1.54, 1.807) is 12.3 Å². The molecule has 0 bridgehead atoms. The van der Waals surface area contributed by atoms with Gasteiger partial charge in [0.2, 0.25) is 10.0 Å². The van der Waals surface area contributed by atoms with E-state index in [1.807, 2.05) is 11.5 Å². The first-order valence-electron chi connectivity index (χ1n) is 7.53. The minimum absolute atomic E-state index is 0.276. The zero-order valence-corrected chi connectivity index (χ0v) is 13.4. The molecule has 1 aliphatic rings. The molecule has 120 valence electrons. The standard InChI is InChI=1S/C14H25N3O3S/c1-2-6-17-10-14(8-13(17)9-15)21(18,19)16-5-7-20-11-12-3-4-12/h8,10,12,16H,2-7,9,11,15H2,1H3. The average Bonchev–Trinajstić information content (AvgIpc) is 3.17. The summed E-state index contributed by atoms with van der Waals surface area (Å²) < 4.78 is 34.3. The molecule has 1 heterocycles. The van der Waals surface area contributed by atoms with Crippen LogP contribution in [0.2, 0.25) is 0 Å². The lowest BCUT2D eigenvalue weighted by Crippen LogP contribution is -2.27. The van der Waals surface area contributed by atoms with Crippen molar-refractivity contribution in [3.05, 3.63) is 18.0 Å². The van der Waals surface area contributed by atoms with Gasteiger partial charge in [0, 0.05) is 38.1 Å². The van der Waals surface area contributed by atoms with Gasteiger partial charge in [0.05, 0.1) is 11.5 Å². The fourth-order valence-corrected chi connectivity index (χ4v) is 3.24. The second-order valence-corrected chi connectivity index (χ2v) is 7.25. The molecule has 7 heteroatoms. The van der Waals surface area contributed by atoms with Gasteiger partial charge in [-0.05, 0) is 31.2 Å². The highest BCUT2D eigenvalue weighted by molar-refractivity contribution is 7.89. The van der Waals surface area contributed by atoms with Crippen LogP contribution in [0.4, 0.5) is 0 Å². The van der Waals surface area contributed by atoms with E-state index in [2.05, 4.69) is 4.72 Å². The van der Waals surface area contributed by atoms with Crippen LogP contribution >= 0.6 is 0 Å². The van der Waals surface area contributed by atoms with Crippen LogP contribution in [0.25, 0.3) is 0 Å². The van der Waals surface area contributed by atoms with Crippen molar-refractivity contribution in [2.24, 2.45) is 11.7 Å². The Kier molecular flexibility index (Phi) is 5.80. The van der Waals surface area contributed by atoms with Gasteiger partial charge in [-0.3, -0.25) is 0 Å². The quantitative estimate of drug-likeness (QED) is 0.632. The number of sulfonamides is 1. The molecule has 0 aliphatic heterocycles. The Morgan fingerprint density at radius 3 is 2.86 bits per heavy atom. The van der Waals surface area contributed by atoms with Gasteiger partial charge in [-0.1, -0.05) is 6.92 Å². The zero-order chi connectivity index (χ0) is 15.3. The Hall–Kier alpha value is -0.890. The van der Waals surface area contributed by atoms with Gasteiger partial charge in [0.1, 0.15) is 0 Å². The summed E-state index contributed by atoms with van der Waals surface area (Å²) in [5.74, 6) is 0.691. The first-order chi connectivity index (χ1) is 10.1. The number of ether oxygens (including phenoxy) is 1. The van der Waals surface area contributed by atoms with E-state index in [0.717, 1.165) is 25.3 Å². The monoisotopic (exact) mass is 315 g/mol. The summed E-state index contributed by atoms with van der Waals surface area (Å²) in [4.78, 5) is 0.276. The second-order valence-electron chi connectivity index (χ2n) is 5.48. The van der Waals surface area contributed by atoms with Gasteiger partial charge in [0.15, 0.2) is 0 Å². The Labute approximate surface area is 126 Å². The van der Waals surface area contributed by atoms with Crippen LogP contribution in [-0.2, 0) is 27.8 Å². The Bertz CT molecular complexity index is 550. The highest BCUT2D eigenvalue weighted by atomic mass is 32.2. The number of nitrogens with zero attached hydrogens (tertiary/aromatic N) is 1. The lowest BCUT2D eigenvalue weighted by Gasteiger charge is -2.06. The molecule has 1 saturated carbocycles. The van der Waals surface area contributed by atoms with E-state index in [-0.39, 0.29) is 4.90 Å². The highest BCUT2D eigenvalue weighted by Crippen LogP contribution is 2.28. The minimum atomic E-state index is -3.48. The summed E-state index contributed by atoms with van der Waals surface area (Å²) in [6.45, 7) is 4.60. The third-order valence-electron chi connectivity index (χ3n) is 3.53. The fraction of sp³-hybridized carbons (Fsp3) is 0.714. The first kappa shape index (κ1) is 16.5. The van der Waals surface area contributed by atoms with E-state index < -0.39 is 10.0 Å². The van der Waals surface area contributed by atoms with Crippen molar-refractivity contribution in [3.8, 4) is 0 Å². The van der Waals surface area contributed by atoms with Gasteiger partial charge < -0.3 is 15.0 Å². The number of nitrogens with one attached hydrogen (secondary N) is 1. The van der Waals surface area contributed by atoms with E-state index in [0.29, 0.717) is 25.6 Å². The fourth-order valence-electron chi connectivity index (χ4n) is 2.16. The van der Waals surface area contributed by atoms with Crippen molar-refractivity contribution < 1.29 is 13.2 Å². The SMILES string of the molecule is CCCn1cc(S(=O)(=O)NCCOCC2CC2)cc1CN.